The van der Waals surface area contributed by atoms with Crippen LogP contribution in [0.15, 0.2) is 57.7 Å². The predicted molar refractivity (Wildman–Crippen MR) is 132 cm³/mol. The van der Waals surface area contributed by atoms with Crippen LogP contribution < -0.4 is 16.4 Å². The zero-order valence-electron chi connectivity index (χ0n) is 18.9. The van der Waals surface area contributed by atoms with Gasteiger partial charge in [-0.15, -0.1) is 5.10 Å². The summed E-state index contributed by atoms with van der Waals surface area (Å²) in [5, 5.41) is 14.9. The molecular weight excluding hydrogens is 479 g/mol. The molecule has 0 spiro atoms. The number of carbonyl (C=O) groups excluding carboxylic acids is 1. The van der Waals surface area contributed by atoms with Gasteiger partial charge in [0.1, 0.15) is 5.82 Å². The van der Waals surface area contributed by atoms with Gasteiger partial charge in [-0.25, -0.2) is 14.3 Å². The number of benzene rings is 2. The van der Waals surface area contributed by atoms with Crippen molar-refractivity contribution in [1.29, 1.82) is 0 Å². The summed E-state index contributed by atoms with van der Waals surface area (Å²) in [5.74, 6) is 0.0498. The van der Waals surface area contributed by atoms with Crippen molar-refractivity contribution in [1.82, 2.24) is 19.6 Å². The number of urea groups is 1. The average molecular weight is 501 g/mol. The van der Waals surface area contributed by atoms with Crippen LogP contribution in [0.1, 0.15) is 26.5 Å². The van der Waals surface area contributed by atoms with Gasteiger partial charge in [-0.3, -0.25) is 5.32 Å². The maximum Gasteiger partial charge on any atom is 0.437 e. The van der Waals surface area contributed by atoms with E-state index in [4.69, 9.17) is 32.7 Å². The number of nitrogens with zero attached hydrogens (tertiary/aromatic N) is 4. The van der Waals surface area contributed by atoms with Gasteiger partial charge >= 0.3 is 11.8 Å². The normalized spacial score (nSPS) is 11.5. The number of aromatic nitrogens is 4. The molecule has 11 heteroatoms. The molecule has 2 aromatic heterocycles. The van der Waals surface area contributed by atoms with E-state index in [1.54, 1.807) is 47.1 Å². The predicted octanol–water partition coefficient (Wildman–Crippen LogP) is 5.47. The van der Waals surface area contributed by atoms with E-state index in [-0.39, 0.29) is 16.3 Å². The van der Waals surface area contributed by atoms with Crippen molar-refractivity contribution in [2.24, 2.45) is 7.05 Å². The summed E-state index contributed by atoms with van der Waals surface area (Å²) >= 11 is 12.2. The number of nitrogens with one attached hydrogen (secondary N) is 2. The Kier molecular flexibility index (Phi) is 6.24. The zero-order chi connectivity index (χ0) is 24.6. The fourth-order valence-corrected chi connectivity index (χ4v) is 3.49. The van der Waals surface area contributed by atoms with Crippen molar-refractivity contribution < 1.29 is 9.21 Å². The van der Waals surface area contributed by atoms with E-state index in [1.165, 1.54) is 7.05 Å². The highest BCUT2D eigenvalue weighted by Gasteiger charge is 2.22. The summed E-state index contributed by atoms with van der Waals surface area (Å²) in [6.45, 7) is 6.07. The molecule has 4 aromatic rings. The second-order valence-corrected chi connectivity index (χ2v) is 9.39. The molecule has 2 heterocycles. The molecule has 0 fully saturated rings. The number of anilines is 2. The van der Waals surface area contributed by atoms with Crippen molar-refractivity contribution in [2.45, 2.75) is 26.2 Å². The van der Waals surface area contributed by atoms with E-state index in [1.807, 2.05) is 26.8 Å². The topological polar surface area (TPSA) is 107 Å². The monoisotopic (exact) mass is 500 g/mol. The van der Waals surface area contributed by atoms with Crippen LogP contribution in [0.25, 0.3) is 17.1 Å². The lowest BCUT2D eigenvalue weighted by Crippen LogP contribution is -2.21. The molecule has 176 valence electrons. The summed E-state index contributed by atoms with van der Waals surface area (Å²) < 4.78 is 7.91. The van der Waals surface area contributed by atoms with Crippen molar-refractivity contribution in [3.8, 4) is 17.1 Å². The number of rotatable bonds is 4. The molecule has 2 N–H and O–H groups in total. The summed E-state index contributed by atoms with van der Waals surface area (Å²) in [7, 11) is 1.51. The van der Waals surface area contributed by atoms with Crippen LogP contribution in [0.3, 0.4) is 0 Å². The Bertz CT molecular complexity index is 1430. The molecule has 0 saturated carbocycles. The van der Waals surface area contributed by atoms with Crippen LogP contribution >= 0.6 is 23.2 Å². The van der Waals surface area contributed by atoms with E-state index in [0.29, 0.717) is 27.8 Å². The van der Waals surface area contributed by atoms with Crippen molar-refractivity contribution in [2.75, 3.05) is 10.6 Å². The smallest absolute Gasteiger partial charge is 0.388 e. The van der Waals surface area contributed by atoms with Gasteiger partial charge in [-0.1, -0.05) is 56.1 Å². The number of aryl methyl sites for hydroxylation is 1. The lowest BCUT2D eigenvalue weighted by molar-refractivity contribution is 0.262. The van der Waals surface area contributed by atoms with Gasteiger partial charge < -0.3 is 9.73 Å². The molecule has 2 aromatic carbocycles. The average Bonchev–Trinajstić information content (AvgIpc) is 3.35. The molecule has 0 atom stereocenters. The Morgan fingerprint density at radius 2 is 1.76 bits per heavy atom. The SMILES string of the molecule is Cn1nc(-c2cccc(-n3nc(C(C)(C)C)cc3NC(=O)Nc3cccc(Cl)c3Cl)c2)oc1=O. The highest BCUT2D eigenvalue weighted by Crippen LogP contribution is 2.31. The second kappa shape index (κ2) is 9.00. The molecule has 0 radical (unpaired) electrons. The first-order valence-electron chi connectivity index (χ1n) is 10.3. The molecule has 9 nitrogen and oxygen atoms in total. The van der Waals surface area contributed by atoms with Crippen LogP contribution in [0.4, 0.5) is 16.3 Å². The molecule has 4 rings (SSSR count). The first-order chi connectivity index (χ1) is 16.0. The fraction of sp³-hybridized carbons (Fsp3) is 0.217. The number of carbonyl (C=O) groups is 1. The van der Waals surface area contributed by atoms with Gasteiger partial charge in [0.25, 0.3) is 0 Å². The lowest BCUT2D eigenvalue weighted by atomic mass is 9.92. The maximum absolute atomic E-state index is 12.8. The van der Waals surface area contributed by atoms with E-state index in [9.17, 15) is 9.59 Å². The zero-order valence-corrected chi connectivity index (χ0v) is 20.4. The van der Waals surface area contributed by atoms with Crippen LogP contribution in [0, 0.1) is 0 Å². The molecule has 0 aliphatic heterocycles. The number of halogens is 2. The number of hydrogen-bond acceptors (Lipinski definition) is 5. The number of amides is 2. The van der Waals surface area contributed by atoms with E-state index < -0.39 is 11.8 Å². The summed E-state index contributed by atoms with van der Waals surface area (Å²) in [6.07, 6.45) is 0. The van der Waals surface area contributed by atoms with Crippen LogP contribution in [-0.2, 0) is 12.5 Å². The first-order valence-corrected chi connectivity index (χ1v) is 11.1. The van der Waals surface area contributed by atoms with E-state index >= 15 is 0 Å². The third-order valence-corrected chi connectivity index (χ3v) is 5.76. The van der Waals surface area contributed by atoms with Crippen LogP contribution in [0.2, 0.25) is 10.0 Å². The van der Waals surface area contributed by atoms with Gasteiger partial charge in [-0.05, 0) is 30.3 Å². The molecule has 34 heavy (non-hydrogen) atoms. The summed E-state index contributed by atoms with van der Waals surface area (Å²) in [5.41, 5.74) is 2.08. The molecule has 0 bridgehead atoms. The van der Waals surface area contributed by atoms with Crippen LogP contribution in [-0.4, -0.2) is 25.6 Å². The third kappa shape index (κ3) is 4.85. The molecule has 0 unspecified atom stereocenters. The van der Waals surface area contributed by atoms with Crippen molar-refractivity contribution >= 4 is 40.7 Å². The van der Waals surface area contributed by atoms with Gasteiger partial charge in [0.05, 0.1) is 27.1 Å². The minimum absolute atomic E-state index is 0.181. The Hall–Kier alpha value is -3.56. The van der Waals surface area contributed by atoms with Gasteiger partial charge in [-0.2, -0.15) is 9.78 Å². The number of hydrogen-bond donors (Lipinski definition) is 2. The third-order valence-electron chi connectivity index (χ3n) is 4.95. The van der Waals surface area contributed by atoms with E-state index in [0.717, 1.165) is 10.4 Å². The Morgan fingerprint density at radius 1 is 1.03 bits per heavy atom. The van der Waals surface area contributed by atoms with Gasteiger partial charge in [0.2, 0.25) is 5.89 Å². The van der Waals surface area contributed by atoms with E-state index in [2.05, 4.69) is 15.7 Å². The molecule has 2 amide bonds. The largest absolute Gasteiger partial charge is 0.437 e. The van der Waals surface area contributed by atoms with Crippen LogP contribution in [0.5, 0.6) is 0 Å². The molecule has 0 aliphatic rings. The molecule has 0 aliphatic carbocycles. The Morgan fingerprint density at radius 3 is 2.44 bits per heavy atom. The minimum atomic E-state index is -0.562. The van der Waals surface area contributed by atoms with Gasteiger partial charge in [0, 0.05) is 24.1 Å². The highest BCUT2D eigenvalue weighted by atomic mass is 35.5. The van der Waals surface area contributed by atoms with Crippen molar-refractivity contribution in [3.05, 3.63) is 74.8 Å². The first kappa shape index (κ1) is 23.6. The second-order valence-electron chi connectivity index (χ2n) is 8.60. The molecule has 0 saturated heterocycles. The summed E-state index contributed by atoms with van der Waals surface area (Å²) in [4.78, 5) is 24.5. The lowest BCUT2D eigenvalue weighted by Gasteiger charge is -2.14. The standard InChI is InChI=1S/C23H22Cl2N6O3/c1-23(2,3)17-12-18(27-21(32)26-16-10-6-9-15(24)19(16)25)31(28-17)14-8-5-7-13(11-14)20-29-30(4)22(33)34-20/h5-12H,1-4H3,(H2,26,27,32). The Balaban J connectivity index is 1.70. The quantitative estimate of drug-likeness (QED) is 0.386. The maximum atomic E-state index is 12.8. The summed E-state index contributed by atoms with van der Waals surface area (Å²) in [6, 6.07) is 13.4. The fourth-order valence-electron chi connectivity index (χ4n) is 3.14. The highest BCUT2D eigenvalue weighted by molar-refractivity contribution is 6.44. The minimum Gasteiger partial charge on any atom is -0.388 e. The van der Waals surface area contributed by atoms with Gasteiger partial charge in [0.15, 0.2) is 0 Å². The molecular formula is C23H22Cl2N6O3. The Labute approximate surface area is 205 Å². The van der Waals surface area contributed by atoms with Crippen molar-refractivity contribution in [3.63, 3.8) is 0 Å².